The Hall–Kier alpha value is -2.21. The van der Waals surface area contributed by atoms with Crippen molar-refractivity contribution in [1.29, 1.82) is 0 Å². The zero-order valence-corrected chi connectivity index (χ0v) is 19.1. The van der Waals surface area contributed by atoms with Gasteiger partial charge in [0.25, 0.3) is 0 Å². The van der Waals surface area contributed by atoms with E-state index in [1.165, 1.54) is 0 Å². The maximum atomic E-state index is 6.22. The van der Waals surface area contributed by atoms with Gasteiger partial charge in [0.05, 0.1) is 24.2 Å². The maximum Gasteiger partial charge on any atom is 0.142 e. The Bertz CT molecular complexity index is 1010. The normalized spacial score (nSPS) is 11.2. The molecule has 1 aromatic heterocycles. The van der Waals surface area contributed by atoms with Crippen molar-refractivity contribution in [3.8, 4) is 11.4 Å². The van der Waals surface area contributed by atoms with Gasteiger partial charge in [-0.1, -0.05) is 17.7 Å². The highest BCUT2D eigenvalue weighted by molar-refractivity contribution is 6.31. The van der Waals surface area contributed by atoms with Crippen LogP contribution in [0.1, 0.15) is 11.4 Å². The fourth-order valence-corrected chi connectivity index (χ4v) is 3.75. The number of benzene rings is 2. The molecule has 0 amide bonds. The number of hydrogen-bond acceptors (Lipinski definition) is 4. The summed E-state index contributed by atoms with van der Waals surface area (Å²) in [6, 6.07) is 11.5. The van der Waals surface area contributed by atoms with Crippen molar-refractivity contribution in [1.82, 2.24) is 9.55 Å². The van der Waals surface area contributed by atoms with Gasteiger partial charge < -0.3 is 14.2 Å². The van der Waals surface area contributed by atoms with Crippen LogP contribution in [0.25, 0.3) is 5.69 Å². The lowest BCUT2D eigenvalue weighted by Crippen LogP contribution is -2.28. The summed E-state index contributed by atoms with van der Waals surface area (Å²) in [7, 11) is 1.65. The van der Waals surface area contributed by atoms with Gasteiger partial charge >= 0.3 is 0 Å². The standard InChI is InChI=1S/C22H23Cl3N4O/c1-16-26-9-12-29(16)20-6-4-18(25)14-19(20)27-15-17-3-5-21(22(13-17)30-2)28(10-7-23)11-8-24/h3-6,9,12-15H,7-8,10-11H2,1-2H3. The van der Waals surface area contributed by atoms with Crippen LogP contribution < -0.4 is 9.64 Å². The lowest BCUT2D eigenvalue weighted by atomic mass is 10.1. The van der Waals surface area contributed by atoms with Crippen LogP contribution in [0.5, 0.6) is 5.75 Å². The van der Waals surface area contributed by atoms with Crippen LogP contribution in [-0.2, 0) is 0 Å². The van der Waals surface area contributed by atoms with Gasteiger partial charge in [-0.05, 0) is 42.8 Å². The molecule has 5 nitrogen and oxygen atoms in total. The summed E-state index contributed by atoms with van der Waals surface area (Å²) in [5.41, 5.74) is 3.51. The first-order valence-corrected chi connectivity index (χ1v) is 10.9. The molecule has 1 heterocycles. The minimum absolute atomic E-state index is 0.508. The van der Waals surface area contributed by atoms with Crippen LogP contribution in [0, 0.1) is 6.92 Å². The SMILES string of the molecule is COc1cc(C=Nc2cc(Cl)ccc2-n2ccnc2C)ccc1N(CCCl)CCCl. The second-order valence-corrected chi connectivity index (χ2v) is 7.72. The molecule has 0 aliphatic carbocycles. The van der Waals surface area contributed by atoms with Crippen LogP contribution in [0.2, 0.25) is 5.02 Å². The van der Waals surface area contributed by atoms with Crippen molar-refractivity contribution in [2.24, 2.45) is 4.99 Å². The molecule has 0 spiro atoms. The van der Waals surface area contributed by atoms with Gasteiger partial charge in [0.1, 0.15) is 11.6 Å². The molecule has 0 bridgehead atoms. The summed E-state index contributed by atoms with van der Waals surface area (Å²) in [6.07, 6.45) is 5.45. The van der Waals surface area contributed by atoms with Crippen LogP contribution in [0.3, 0.4) is 0 Å². The fourth-order valence-electron chi connectivity index (χ4n) is 3.17. The monoisotopic (exact) mass is 464 g/mol. The molecular weight excluding hydrogens is 443 g/mol. The zero-order valence-electron chi connectivity index (χ0n) is 16.9. The molecule has 0 fully saturated rings. The number of hydrogen-bond donors (Lipinski definition) is 0. The molecule has 2 aromatic carbocycles. The molecule has 0 atom stereocenters. The van der Waals surface area contributed by atoms with Gasteiger partial charge in [-0.25, -0.2) is 4.98 Å². The number of aliphatic imine (C=N–C) groups is 1. The van der Waals surface area contributed by atoms with E-state index in [1.807, 2.05) is 54.1 Å². The molecule has 0 aliphatic rings. The topological polar surface area (TPSA) is 42.6 Å². The molecule has 8 heteroatoms. The molecule has 0 radical (unpaired) electrons. The Balaban J connectivity index is 1.93. The first-order chi connectivity index (χ1) is 14.6. The number of alkyl halides is 2. The summed E-state index contributed by atoms with van der Waals surface area (Å²) in [5, 5.41) is 0.620. The van der Waals surface area contributed by atoms with Crippen LogP contribution in [-0.4, -0.2) is 47.7 Å². The number of aromatic nitrogens is 2. The molecule has 0 saturated carbocycles. The largest absolute Gasteiger partial charge is 0.495 e. The van der Waals surface area contributed by atoms with Crippen LogP contribution in [0.4, 0.5) is 11.4 Å². The minimum atomic E-state index is 0.508. The molecule has 0 N–H and O–H groups in total. The van der Waals surface area contributed by atoms with E-state index >= 15 is 0 Å². The second kappa shape index (κ2) is 10.7. The van der Waals surface area contributed by atoms with Crippen molar-refractivity contribution in [2.45, 2.75) is 6.92 Å². The van der Waals surface area contributed by atoms with Gasteiger partial charge in [-0.15, -0.1) is 23.2 Å². The van der Waals surface area contributed by atoms with Gasteiger partial charge in [0.2, 0.25) is 0 Å². The van der Waals surface area contributed by atoms with Crippen molar-refractivity contribution < 1.29 is 4.74 Å². The van der Waals surface area contributed by atoms with Gasteiger partial charge in [-0.3, -0.25) is 4.99 Å². The average molecular weight is 466 g/mol. The highest BCUT2D eigenvalue weighted by atomic mass is 35.5. The Morgan fingerprint density at radius 2 is 1.90 bits per heavy atom. The Kier molecular flexibility index (Phi) is 8.02. The quantitative estimate of drug-likeness (QED) is 0.293. The van der Waals surface area contributed by atoms with Gasteiger partial charge in [0, 0.05) is 48.5 Å². The summed E-state index contributed by atoms with van der Waals surface area (Å²) >= 11 is 18.1. The smallest absolute Gasteiger partial charge is 0.142 e. The molecule has 3 aromatic rings. The van der Waals surface area contributed by atoms with Crippen molar-refractivity contribution >= 4 is 52.4 Å². The van der Waals surface area contributed by atoms with E-state index in [-0.39, 0.29) is 0 Å². The molecule has 0 aliphatic heterocycles. The third-order valence-electron chi connectivity index (χ3n) is 4.63. The Morgan fingerprint density at radius 3 is 2.53 bits per heavy atom. The van der Waals surface area contributed by atoms with E-state index in [0.717, 1.165) is 34.2 Å². The molecule has 30 heavy (non-hydrogen) atoms. The summed E-state index contributed by atoms with van der Waals surface area (Å²) in [4.78, 5) is 11.1. The third kappa shape index (κ3) is 5.28. The predicted octanol–water partition coefficient (Wildman–Crippen LogP) is 5.88. The number of methoxy groups -OCH3 is 1. The van der Waals surface area contributed by atoms with Gasteiger partial charge in [0.15, 0.2) is 0 Å². The number of rotatable bonds is 9. The lowest BCUT2D eigenvalue weighted by molar-refractivity contribution is 0.414. The first kappa shape index (κ1) is 22.5. The zero-order chi connectivity index (χ0) is 21.5. The van der Waals surface area contributed by atoms with E-state index in [0.29, 0.717) is 29.9 Å². The molecule has 0 unspecified atom stereocenters. The number of ether oxygens (including phenoxy) is 1. The Labute approximate surface area is 191 Å². The molecular formula is C22H23Cl3N4O. The lowest BCUT2D eigenvalue weighted by Gasteiger charge is -2.25. The Morgan fingerprint density at radius 1 is 1.13 bits per heavy atom. The molecule has 3 rings (SSSR count). The molecule has 158 valence electrons. The summed E-state index contributed by atoms with van der Waals surface area (Å²) in [5.74, 6) is 2.63. The molecule has 0 saturated heterocycles. The summed E-state index contributed by atoms with van der Waals surface area (Å²) in [6.45, 7) is 3.32. The maximum absolute atomic E-state index is 6.22. The minimum Gasteiger partial charge on any atom is -0.495 e. The number of aryl methyl sites for hydroxylation is 1. The fraction of sp³-hybridized carbons (Fsp3) is 0.273. The number of halogens is 3. The number of anilines is 1. The van der Waals surface area contributed by atoms with Crippen molar-refractivity contribution in [3.63, 3.8) is 0 Å². The summed E-state index contributed by atoms with van der Waals surface area (Å²) < 4.78 is 7.58. The van der Waals surface area contributed by atoms with Crippen molar-refractivity contribution in [3.05, 3.63) is 65.2 Å². The first-order valence-electron chi connectivity index (χ1n) is 9.46. The predicted molar refractivity (Wildman–Crippen MR) is 127 cm³/mol. The van der Waals surface area contributed by atoms with E-state index < -0.39 is 0 Å². The number of imidazole rings is 1. The van der Waals surface area contributed by atoms with Gasteiger partial charge in [-0.2, -0.15) is 0 Å². The third-order valence-corrected chi connectivity index (χ3v) is 5.20. The average Bonchev–Trinajstić information content (AvgIpc) is 3.17. The number of nitrogens with zero attached hydrogens (tertiary/aromatic N) is 4. The van der Waals surface area contributed by atoms with E-state index in [1.54, 1.807) is 19.5 Å². The highest BCUT2D eigenvalue weighted by Crippen LogP contribution is 2.31. The highest BCUT2D eigenvalue weighted by Gasteiger charge is 2.12. The van der Waals surface area contributed by atoms with Crippen molar-refractivity contribution in [2.75, 3.05) is 36.9 Å². The van der Waals surface area contributed by atoms with Crippen LogP contribution in [0.15, 0.2) is 53.8 Å². The van der Waals surface area contributed by atoms with E-state index in [4.69, 9.17) is 39.5 Å². The van der Waals surface area contributed by atoms with E-state index in [2.05, 4.69) is 14.9 Å². The van der Waals surface area contributed by atoms with E-state index in [9.17, 15) is 0 Å². The van der Waals surface area contributed by atoms with Crippen LogP contribution >= 0.6 is 34.8 Å². The second-order valence-electron chi connectivity index (χ2n) is 6.53.